The number of nitrogens with zero attached hydrogens (tertiary/aromatic N) is 1. The molecule has 0 saturated heterocycles. The number of benzene rings is 2. The van der Waals surface area contributed by atoms with Crippen LogP contribution in [0.4, 0.5) is 5.69 Å². The number of halogens is 2. The lowest BCUT2D eigenvalue weighted by Crippen LogP contribution is -2.10. The molecule has 2 rings (SSSR count). The van der Waals surface area contributed by atoms with Gasteiger partial charge in [0.2, 0.25) is 0 Å². The highest BCUT2D eigenvalue weighted by Crippen LogP contribution is 2.33. The van der Waals surface area contributed by atoms with E-state index in [1.54, 1.807) is 0 Å². The molecule has 0 amide bonds. The maximum Gasteiger partial charge on any atom is 0.270 e. The zero-order valence-corrected chi connectivity index (χ0v) is 15.5. The van der Waals surface area contributed by atoms with E-state index >= 15 is 0 Å². The number of hydrogen-bond acceptors (Lipinski definition) is 3. The third kappa shape index (κ3) is 3.03. The van der Waals surface area contributed by atoms with Crippen LogP contribution in [0.2, 0.25) is 5.02 Å². The summed E-state index contributed by atoms with van der Waals surface area (Å²) in [4.78, 5) is 23.4. The van der Waals surface area contributed by atoms with Gasteiger partial charge in [0.25, 0.3) is 5.69 Å². The van der Waals surface area contributed by atoms with Crippen LogP contribution < -0.4 is 0 Å². The minimum absolute atomic E-state index is 0.141. The Bertz CT molecular complexity index is 817. The summed E-state index contributed by atoms with van der Waals surface area (Å²) in [6.07, 6.45) is 0. The quantitative estimate of drug-likeness (QED) is 0.392. The van der Waals surface area contributed by atoms with Gasteiger partial charge in [-0.1, -0.05) is 27.5 Å². The molecule has 0 N–H and O–H groups in total. The van der Waals surface area contributed by atoms with Gasteiger partial charge < -0.3 is 0 Å². The third-order valence-corrected chi connectivity index (χ3v) is 5.69. The first-order valence-electron chi connectivity index (χ1n) is 6.91. The molecule has 0 saturated carbocycles. The van der Waals surface area contributed by atoms with Crippen LogP contribution in [0.25, 0.3) is 0 Å². The molecule has 4 nitrogen and oxygen atoms in total. The maximum absolute atomic E-state index is 13.0. The first kappa shape index (κ1) is 17.6. The van der Waals surface area contributed by atoms with Crippen molar-refractivity contribution in [2.24, 2.45) is 0 Å². The molecule has 0 atom stereocenters. The molecule has 2 aromatic rings. The Morgan fingerprint density at radius 1 is 1.09 bits per heavy atom. The van der Waals surface area contributed by atoms with Crippen molar-refractivity contribution in [3.05, 3.63) is 71.2 Å². The normalized spacial score (nSPS) is 10.7. The zero-order chi connectivity index (χ0) is 17.5. The molecule has 120 valence electrons. The molecule has 0 spiro atoms. The van der Waals surface area contributed by atoms with Crippen molar-refractivity contribution >= 4 is 39.0 Å². The van der Waals surface area contributed by atoms with Gasteiger partial charge in [-0.3, -0.25) is 14.9 Å². The van der Waals surface area contributed by atoms with Crippen LogP contribution in [-0.4, -0.2) is 10.7 Å². The Labute approximate surface area is 147 Å². The highest BCUT2D eigenvalue weighted by Gasteiger charge is 2.23. The second kappa shape index (κ2) is 6.42. The van der Waals surface area contributed by atoms with Gasteiger partial charge in [0.15, 0.2) is 5.78 Å². The average Bonchev–Trinajstić information content (AvgIpc) is 2.51. The predicted octanol–water partition coefficient (Wildman–Crippen LogP) is 5.48. The van der Waals surface area contributed by atoms with E-state index in [0.717, 1.165) is 26.7 Å². The van der Waals surface area contributed by atoms with Crippen LogP contribution in [0.5, 0.6) is 0 Å². The van der Waals surface area contributed by atoms with E-state index in [2.05, 4.69) is 15.9 Å². The summed E-state index contributed by atoms with van der Waals surface area (Å²) in [6.45, 7) is 7.65. The number of nitro groups is 1. The third-order valence-electron chi connectivity index (χ3n) is 4.17. The number of carbonyl (C=O) groups is 1. The molecule has 0 aliphatic carbocycles. The molecule has 0 heterocycles. The summed E-state index contributed by atoms with van der Waals surface area (Å²) in [7, 11) is 0. The van der Waals surface area contributed by atoms with Crippen LogP contribution in [0.1, 0.15) is 38.2 Å². The van der Waals surface area contributed by atoms with Gasteiger partial charge >= 0.3 is 0 Å². The molecule has 0 aliphatic rings. The Morgan fingerprint density at radius 2 is 1.70 bits per heavy atom. The number of carbonyl (C=O) groups excluding carboxylic acids is 1. The molecule has 2 aromatic carbocycles. The fraction of sp³-hybridized carbons (Fsp3) is 0.235. The number of ketones is 1. The number of non-ortho nitro benzene ring substituents is 1. The zero-order valence-electron chi connectivity index (χ0n) is 13.2. The first-order valence-corrected chi connectivity index (χ1v) is 8.08. The predicted molar refractivity (Wildman–Crippen MR) is 94.6 cm³/mol. The van der Waals surface area contributed by atoms with E-state index < -0.39 is 4.92 Å². The molecule has 0 aromatic heterocycles. The lowest BCUT2D eigenvalue weighted by molar-refractivity contribution is -0.384. The van der Waals surface area contributed by atoms with Crippen molar-refractivity contribution in [2.45, 2.75) is 27.7 Å². The number of hydrogen-bond donors (Lipinski definition) is 0. The van der Waals surface area contributed by atoms with Crippen molar-refractivity contribution < 1.29 is 9.72 Å². The summed E-state index contributed by atoms with van der Waals surface area (Å²) in [5.74, 6) is -0.308. The van der Waals surface area contributed by atoms with E-state index in [1.165, 1.54) is 18.2 Å². The van der Waals surface area contributed by atoms with E-state index in [0.29, 0.717) is 5.56 Å². The van der Waals surface area contributed by atoms with Crippen molar-refractivity contribution in [3.63, 3.8) is 0 Å². The highest BCUT2D eigenvalue weighted by atomic mass is 79.9. The van der Waals surface area contributed by atoms with Gasteiger partial charge in [0.1, 0.15) is 0 Å². The van der Waals surface area contributed by atoms with Crippen molar-refractivity contribution in [1.82, 2.24) is 0 Å². The summed E-state index contributed by atoms with van der Waals surface area (Å²) in [5, 5.41) is 11.2. The van der Waals surface area contributed by atoms with Crippen LogP contribution in [-0.2, 0) is 0 Å². The van der Waals surface area contributed by atoms with Gasteiger partial charge in [-0.15, -0.1) is 0 Å². The average molecular weight is 397 g/mol. The molecule has 0 unspecified atom stereocenters. The number of rotatable bonds is 3. The first-order chi connectivity index (χ1) is 10.7. The second-order valence-corrected chi connectivity index (χ2v) is 6.64. The number of nitro benzene ring substituents is 1. The summed E-state index contributed by atoms with van der Waals surface area (Å²) in [5.41, 5.74) is 4.25. The van der Waals surface area contributed by atoms with Gasteiger partial charge in [-0.2, -0.15) is 0 Å². The largest absolute Gasteiger partial charge is 0.289 e. The lowest BCUT2D eigenvalue weighted by Gasteiger charge is -2.17. The summed E-state index contributed by atoms with van der Waals surface area (Å²) >= 11 is 9.62. The molecule has 0 aliphatic heterocycles. The van der Waals surface area contributed by atoms with E-state index in [4.69, 9.17) is 11.6 Å². The van der Waals surface area contributed by atoms with Crippen LogP contribution in [0.3, 0.4) is 0 Å². The Balaban J connectivity index is 2.72. The van der Waals surface area contributed by atoms with Gasteiger partial charge in [-0.25, -0.2) is 0 Å². The molecule has 0 radical (unpaired) electrons. The van der Waals surface area contributed by atoms with Gasteiger partial charge in [-0.05, 0) is 56.0 Å². The maximum atomic E-state index is 13.0. The fourth-order valence-electron chi connectivity index (χ4n) is 2.58. The van der Waals surface area contributed by atoms with Crippen molar-refractivity contribution in [2.75, 3.05) is 0 Å². The van der Waals surface area contributed by atoms with Crippen LogP contribution >= 0.6 is 27.5 Å². The van der Waals surface area contributed by atoms with Crippen LogP contribution in [0.15, 0.2) is 22.7 Å². The molecule has 0 fully saturated rings. The minimum atomic E-state index is -0.539. The Hall–Kier alpha value is -1.72. The monoisotopic (exact) mass is 395 g/mol. The molecule has 6 heteroatoms. The highest BCUT2D eigenvalue weighted by molar-refractivity contribution is 9.10. The van der Waals surface area contributed by atoms with Crippen molar-refractivity contribution in [1.29, 1.82) is 0 Å². The fourth-order valence-corrected chi connectivity index (χ4v) is 3.28. The second-order valence-electron chi connectivity index (χ2n) is 5.44. The molecular formula is C17H15BrClNO3. The standard InChI is InChI=1S/C17H15BrClNO3/c1-8-9(2)15(11(4)16(18)10(8)3)17(21)13-7-12(20(22)23)5-6-14(13)19/h5-7H,1-4H3. The summed E-state index contributed by atoms with van der Waals surface area (Å²) in [6, 6.07) is 3.90. The smallest absolute Gasteiger partial charge is 0.270 e. The van der Waals surface area contributed by atoms with Crippen LogP contribution in [0, 0.1) is 37.8 Å². The van der Waals surface area contributed by atoms with E-state index in [9.17, 15) is 14.9 Å². The SMILES string of the molecule is Cc1c(C)c(Br)c(C)c(C(=O)c2cc([N+](=O)[O-])ccc2Cl)c1C. The van der Waals surface area contributed by atoms with Crippen molar-refractivity contribution in [3.8, 4) is 0 Å². The van der Waals surface area contributed by atoms with E-state index in [1.807, 2.05) is 27.7 Å². The molecule has 0 bridgehead atoms. The lowest BCUT2D eigenvalue weighted by atomic mass is 9.89. The summed E-state index contributed by atoms with van der Waals surface area (Å²) < 4.78 is 0.866. The van der Waals surface area contributed by atoms with E-state index in [-0.39, 0.29) is 22.1 Å². The topological polar surface area (TPSA) is 60.2 Å². The Morgan fingerprint density at radius 3 is 2.26 bits per heavy atom. The van der Waals surface area contributed by atoms with Gasteiger partial charge in [0.05, 0.1) is 9.95 Å². The van der Waals surface area contributed by atoms with Gasteiger partial charge in [0, 0.05) is 27.7 Å². The minimum Gasteiger partial charge on any atom is -0.289 e. The molecule has 23 heavy (non-hydrogen) atoms. The Kier molecular flexibility index (Phi) is 4.92. The molecular weight excluding hydrogens is 382 g/mol.